The van der Waals surface area contributed by atoms with Crippen molar-refractivity contribution in [2.45, 2.75) is 6.61 Å². The molecular weight excluding hydrogens is 558 g/mol. The van der Waals surface area contributed by atoms with Crippen molar-refractivity contribution >= 4 is 73.3 Å². The van der Waals surface area contributed by atoms with Gasteiger partial charge in [0.1, 0.15) is 12.4 Å². The van der Waals surface area contributed by atoms with Crippen molar-refractivity contribution in [2.24, 2.45) is 0 Å². The van der Waals surface area contributed by atoms with E-state index in [-0.39, 0.29) is 23.9 Å². The van der Waals surface area contributed by atoms with Crippen LogP contribution in [0.5, 0.6) is 5.75 Å². The van der Waals surface area contributed by atoms with Crippen LogP contribution in [0.25, 0.3) is 6.08 Å². The second kappa shape index (κ2) is 10.3. The van der Waals surface area contributed by atoms with Gasteiger partial charge in [-0.15, -0.1) is 0 Å². The van der Waals surface area contributed by atoms with Gasteiger partial charge in [-0.05, 0) is 54.1 Å². The number of ether oxygens (including phenoxy) is 1. The first kappa shape index (κ1) is 24.5. The number of nitrogens with zero attached hydrogens (tertiary/aromatic N) is 3. The van der Waals surface area contributed by atoms with Crippen molar-refractivity contribution in [1.82, 2.24) is 0 Å². The zero-order valence-corrected chi connectivity index (χ0v) is 20.8. The lowest BCUT2D eigenvalue weighted by Gasteiger charge is -2.14. The number of amides is 1. The van der Waals surface area contributed by atoms with E-state index in [9.17, 15) is 25.0 Å². The van der Waals surface area contributed by atoms with Crippen LogP contribution in [0.2, 0.25) is 0 Å². The Morgan fingerprint density at radius 3 is 2.17 bits per heavy atom. The molecule has 3 aromatic carbocycles. The number of halogens is 1. The van der Waals surface area contributed by atoms with Gasteiger partial charge in [0.05, 0.1) is 20.4 Å². The number of hydrogen-bond donors (Lipinski definition) is 0. The van der Waals surface area contributed by atoms with Gasteiger partial charge in [-0.3, -0.25) is 29.9 Å². The molecule has 1 fully saturated rings. The van der Waals surface area contributed by atoms with Crippen molar-refractivity contribution in [2.75, 3.05) is 4.90 Å². The Labute approximate surface area is 216 Å². The monoisotopic (exact) mass is 571 g/mol. The molecule has 0 N–H and O–H groups in total. The molecule has 1 heterocycles. The lowest BCUT2D eigenvalue weighted by Crippen LogP contribution is -2.27. The Morgan fingerprint density at radius 2 is 1.57 bits per heavy atom. The highest BCUT2D eigenvalue weighted by Gasteiger charge is 2.33. The molecule has 9 nitrogen and oxygen atoms in total. The first-order valence-corrected chi connectivity index (χ1v) is 11.9. The maximum Gasteiger partial charge on any atom is 0.270 e. The number of anilines is 1. The third-order valence-corrected chi connectivity index (χ3v) is 6.71. The molecular formula is C23H14BrN3O6S2. The van der Waals surface area contributed by atoms with Gasteiger partial charge < -0.3 is 4.74 Å². The molecule has 3 aromatic rings. The number of carbonyl (C=O) groups is 1. The van der Waals surface area contributed by atoms with Gasteiger partial charge in [0.15, 0.2) is 4.32 Å². The molecule has 0 aliphatic carbocycles. The third kappa shape index (κ3) is 5.56. The summed E-state index contributed by atoms with van der Waals surface area (Å²) in [5, 5.41) is 21.7. The molecule has 0 saturated carbocycles. The van der Waals surface area contributed by atoms with E-state index >= 15 is 0 Å². The average Bonchev–Trinajstić information content (AvgIpc) is 3.11. The smallest absolute Gasteiger partial charge is 0.270 e. The molecule has 0 bridgehead atoms. The van der Waals surface area contributed by atoms with Gasteiger partial charge in [0, 0.05) is 34.3 Å². The maximum absolute atomic E-state index is 13.1. The minimum absolute atomic E-state index is 0.00636. The lowest BCUT2D eigenvalue weighted by atomic mass is 10.1. The number of hydrogen-bond acceptors (Lipinski definition) is 8. The van der Waals surface area contributed by atoms with Crippen LogP contribution in [0, 0.1) is 20.2 Å². The number of thiocarbonyl (C=S) groups is 1. The number of benzene rings is 3. The molecule has 0 atom stereocenters. The standard InChI is InChI=1S/C23H14BrN3O6S2/c24-16-3-10-20(33-13-14-1-4-18(5-2-14)26(29)30)15(11-16)12-21-22(28)25(23(34)35-21)17-6-8-19(9-7-17)27(31)32/h1-12H,13H2/b21-12+. The second-order valence-electron chi connectivity index (χ2n) is 7.19. The summed E-state index contributed by atoms with van der Waals surface area (Å²) in [5.41, 5.74) is 1.72. The largest absolute Gasteiger partial charge is 0.488 e. The van der Waals surface area contributed by atoms with Crippen molar-refractivity contribution in [3.05, 3.63) is 107 Å². The Hall–Kier alpha value is -3.61. The molecule has 1 aliphatic heterocycles. The summed E-state index contributed by atoms with van der Waals surface area (Å²) in [6, 6.07) is 17.0. The van der Waals surface area contributed by atoms with E-state index < -0.39 is 9.85 Å². The number of rotatable bonds is 7. The first-order chi connectivity index (χ1) is 16.7. The van der Waals surface area contributed by atoms with Gasteiger partial charge >= 0.3 is 0 Å². The summed E-state index contributed by atoms with van der Waals surface area (Å²) in [4.78, 5) is 35.6. The summed E-state index contributed by atoms with van der Waals surface area (Å²) < 4.78 is 7.01. The zero-order valence-electron chi connectivity index (χ0n) is 17.6. The molecule has 0 radical (unpaired) electrons. The fourth-order valence-corrected chi connectivity index (χ4v) is 4.86. The molecule has 1 aliphatic rings. The molecule has 4 rings (SSSR count). The van der Waals surface area contributed by atoms with Crippen LogP contribution in [-0.2, 0) is 11.4 Å². The summed E-state index contributed by atoms with van der Waals surface area (Å²) in [5.74, 6) is 0.155. The normalized spacial score (nSPS) is 14.4. The molecule has 1 amide bonds. The predicted octanol–water partition coefficient (Wildman–Crippen LogP) is 6.25. The van der Waals surface area contributed by atoms with E-state index in [1.54, 1.807) is 36.4 Å². The van der Waals surface area contributed by atoms with Crippen LogP contribution < -0.4 is 9.64 Å². The molecule has 0 aromatic heterocycles. The summed E-state index contributed by atoms with van der Waals surface area (Å²) in [7, 11) is 0. The summed E-state index contributed by atoms with van der Waals surface area (Å²) in [6.45, 7) is 0.171. The molecule has 0 spiro atoms. The van der Waals surface area contributed by atoms with Gasteiger partial charge in [0.2, 0.25) is 0 Å². The maximum atomic E-state index is 13.1. The summed E-state index contributed by atoms with van der Waals surface area (Å²) in [6.07, 6.45) is 1.67. The van der Waals surface area contributed by atoms with Crippen molar-refractivity contribution in [3.63, 3.8) is 0 Å². The second-order valence-corrected chi connectivity index (χ2v) is 9.78. The van der Waals surface area contributed by atoms with E-state index in [0.29, 0.717) is 26.2 Å². The Morgan fingerprint density at radius 1 is 0.971 bits per heavy atom. The van der Waals surface area contributed by atoms with Crippen LogP contribution in [0.3, 0.4) is 0 Å². The Kier molecular flexibility index (Phi) is 7.24. The van der Waals surface area contributed by atoms with Gasteiger partial charge in [-0.25, -0.2) is 0 Å². The van der Waals surface area contributed by atoms with Gasteiger partial charge in [0.25, 0.3) is 17.3 Å². The topological polar surface area (TPSA) is 116 Å². The molecule has 12 heteroatoms. The number of thioether (sulfide) groups is 1. The average molecular weight is 572 g/mol. The Balaban J connectivity index is 1.56. The minimum atomic E-state index is -0.514. The highest BCUT2D eigenvalue weighted by Crippen LogP contribution is 2.38. The number of nitro groups is 2. The van der Waals surface area contributed by atoms with Crippen molar-refractivity contribution < 1.29 is 19.4 Å². The fraction of sp³-hybridized carbons (Fsp3) is 0.0435. The predicted molar refractivity (Wildman–Crippen MR) is 140 cm³/mol. The summed E-state index contributed by atoms with van der Waals surface area (Å²) >= 11 is 9.93. The first-order valence-electron chi connectivity index (χ1n) is 9.91. The van der Waals surface area contributed by atoms with Gasteiger partial charge in [-0.2, -0.15) is 0 Å². The van der Waals surface area contributed by atoms with Crippen molar-refractivity contribution in [3.8, 4) is 5.75 Å². The third-order valence-electron chi connectivity index (χ3n) is 4.91. The highest BCUT2D eigenvalue weighted by molar-refractivity contribution is 9.10. The minimum Gasteiger partial charge on any atom is -0.488 e. The van der Waals surface area contributed by atoms with E-state index in [0.717, 1.165) is 21.8 Å². The zero-order chi connectivity index (χ0) is 25.1. The van der Waals surface area contributed by atoms with Crippen LogP contribution >= 0.6 is 39.9 Å². The SMILES string of the molecule is O=C1/C(=C\c2cc(Br)ccc2OCc2ccc([N+](=O)[O-])cc2)SC(=S)N1c1ccc([N+](=O)[O-])cc1. The lowest BCUT2D eigenvalue weighted by molar-refractivity contribution is -0.385. The molecule has 35 heavy (non-hydrogen) atoms. The van der Waals surface area contributed by atoms with Crippen LogP contribution in [-0.4, -0.2) is 20.1 Å². The fourth-order valence-electron chi connectivity index (χ4n) is 3.19. The van der Waals surface area contributed by atoms with Crippen molar-refractivity contribution in [1.29, 1.82) is 0 Å². The van der Waals surface area contributed by atoms with Crippen LogP contribution in [0.15, 0.2) is 76.1 Å². The highest BCUT2D eigenvalue weighted by atomic mass is 79.9. The molecule has 0 unspecified atom stereocenters. The van der Waals surface area contributed by atoms with Gasteiger partial charge in [-0.1, -0.05) is 39.9 Å². The van der Waals surface area contributed by atoms with E-state index in [4.69, 9.17) is 17.0 Å². The molecule has 176 valence electrons. The Bertz CT molecular complexity index is 1380. The van der Waals surface area contributed by atoms with E-state index in [2.05, 4.69) is 15.9 Å². The quantitative estimate of drug-likeness (QED) is 0.141. The number of non-ortho nitro benzene ring substituents is 2. The van der Waals surface area contributed by atoms with Crippen LogP contribution in [0.1, 0.15) is 11.1 Å². The number of nitro benzene ring substituents is 2. The molecule has 1 saturated heterocycles. The van der Waals surface area contributed by atoms with E-state index in [1.807, 2.05) is 0 Å². The van der Waals surface area contributed by atoms with Crippen LogP contribution in [0.4, 0.5) is 17.1 Å². The number of carbonyl (C=O) groups excluding carboxylic acids is 1. The van der Waals surface area contributed by atoms with E-state index in [1.165, 1.54) is 41.3 Å².